The molecule has 0 unspecified atom stereocenters. The number of rotatable bonds is 0. The highest BCUT2D eigenvalue weighted by atomic mass is 14.4. The van der Waals surface area contributed by atoms with Crippen molar-refractivity contribution < 1.29 is 0 Å². The molecule has 0 aliphatic heterocycles. The van der Waals surface area contributed by atoms with E-state index in [9.17, 15) is 0 Å². The Kier molecular flexibility index (Phi) is 1.70. The molecule has 0 atom stereocenters. The van der Waals surface area contributed by atoms with Crippen molar-refractivity contribution in [2.24, 2.45) is 0 Å². The van der Waals surface area contributed by atoms with E-state index in [1.165, 1.54) is 16.7 Å². The third kappa shape index (κ3) is 1.03. The molecule has 7 rings (SSSR count). The molecule has 3 aliphatic carbocycles. The Morgan fingerprint density at radius 2 is 0.750 bits per heavy atom. The summed E-state index contributed by atoms with van der Waals surface area (Å²) in [5, 5.41) is 9.65. The molecule has 4 aromatic carbocycles. The highest BCUT2D eigenvalue weighted by Gasteiger charge is 2.33. The third-order valence-corrected chi connectivity index (χ3v) is 7.07. The average Bonchev–Trinajstić information content (AvgIpc) is 3.18. The summed E-state index contributed by atoms with van der Waals surface area (Å²) in [5.41, 5.74) is 14.0. The molecule has 0 fully saturated rings. The van der Waals surface area contributed by atoms with Crippen LogP contribution in [0.2, 0.25) is 0 Å². The molecule has 0 heterocycles. The van der Waals surface area contributed by atoms with Gasteiger partial charge in [0, 0.05) is 0 Å². The van der Waals surface area contributed by atoms with Crippen molar-refractivity contribution in [3.63, 3.8) is 0 Å². The second-order valence-electron chi connectivity index (χ2n) is 8.27. The molecular formula is C24H18. The van der Waals surface area contributed by atoms with Crippen LogP contribution in [0, 0.1) is 20.8 Å². The molecular weight excluding hydrogens is 288 g/mol. The molecule has 3 aliphatic rings. The maximum Gasteiger partial charge on any atom is -0.00103 e. The van der Waals surface area contributed by atoms with Gasteiger partial charge in [-0.05, 0) is 122 Å². The van der Waals surface area contributed by atoms with Crippen molar-refractivity contribution >= 4 is 32.3 Å². The second-order valence-corrected chi connectivity index (χ2v) is 8.27. The van der Waals surface area contributed by atoms with Crippen molar-refractivity contribution in [3.05, 3.63) is 68.3 Å². The van der Waals surface area contributed by atoms with Gasteiger partial charge < -0.3 is 0 Å². The lowest BCUT2D eigenvalue weighted by Crippen LogP contribution is -1.90. The Morgan fingerprint density at radius 1 is 0.458 bits per heavy atom. The van der Waals surface area contributed by atoms with E-state index in [4.69, 9.17) is 0 Å². The zero-order valence-electron chi connectivity index (χ0n) is 14.4. The summed E-state index contributed by atoms with van der Waals surface area (Å²) in [6.07, 6.45) is 3.40. The Morgan fingerprint density at radius 3 is 1.04 bits per heavy atom. The molecule has 0 saturated carbocycles. The normalized spacial score (nSPS) is 15.6. The molecule has 0 nitrogen and oxygen atoms in total. The van der Waals surface area contributed by atoms with E-state index in [1.807, 2.05) is 0 Å². The fourth-order valence-electron chi connectivity index (χ4n) is 6.15. The first-order valence-corrected chi connectivity index (χ1v) is 9.10. The highest BCUT2D eigenvalue weighted by Crippen LogP contribution is 2.54. The molecule has 0 saturated heterocycles. The van der Waals surface area contributed by atoms with Crippen LogP contribution < -0.4 is 0 Å². The summed E-state index contributed by atoms with van der Waals surface area (Å²) in [4.78, 5) is 0. The summed E-state index contributed by atoms with van der Waals surface area (Å²) < 4.78 is 0. The highest BCUT2D eigenvalue weighted by molar-refractivity contribution is 6.33. The topological polar surface area (TPSA) is 0 Å². The number of hydrogen-bond donors (Lipinski definition) is 0. The minimum atomic E-state index is 1.13. The van der Waals surface area contributed by atoms with Gasteiger partial charge >= 0.3 is 0 Å². The Hall–Kier alpha value is -2.34. The maximum atomic E-state index is 2.49. The van der Waals surface area contributed by atoms with E-state index in [2.05, 4.69) is 39.0 Å². The van der Waals surface area contributed by atoms with Crippen molar-refractivity contribution in [2.45, 2.75) is 40.0 Å². The van der Waals surface area contributed by atoms with E-state index in [1.54, 1.807) is 65.7 Å². The van der Waals surface area contributed by atoms with Gasteiger partial charge in [-0.1, -0.05) is 18.2 Å². The number of aryl methyl sites for hydroxylation is 3. The lowest BCUT2D eigenvalue weighted by Gasteiger charge is -2.11. The van der Waals surface area contributed by atoms with Gasteiger partial charge in [-0.2, -0.15) is 0 Å². The van der Waals surface area contributed by atoms with Crippen LogP contribution in [0.3, 0.4) is 0 Å². The first-order chi connectivity index (χ1) is 11.6. The van der Waals surface area contributed by atoms with Gasteiger partial charge in [-0.25, -0.2) is 0 Å². The van der Waals surface area contributed by atoms with Crippen LogP contribution in [-0.4, -0.2) is 0 Å². The van der Waals surface area contributed by atoms with Crippen LogP contribution >= 0.6 is 0 Å². The maximum absolute atomic E-state index is 2.49. The molecule has 0 aromatic heterocycles. The molecule has 0 spiro atoms. The monoisotopic (exact) mass is 306 g/mol. The largest absolute Gasteiger partial charge is 0.0548 e. The fourth-order valence-corrected chi connectivity index (χ4v) is 6.15. The summed E-state index contributed by atoms with van der Waals surface area (Å²) in [6.45, 7) is 6.96. The molecule has 0 radical (unpaired) electrons. The van der Waals surface area contributed by atoms with Crippen molar-refractivity contribution in [1.82, 2.24) is 0 Å². The molecule has 24 heavy (non-hydrogen) atoms. The van der Waals surface area contributed by atoms with E-state index < -0.39 is 0 Å². The Balaban J connectivity index is 1.98. The van der Waals surface area contributed by atoms with Crippen molar-refractivity contribution in [2.75, 3.05) is 0 Å². The molecule has 0 amide bonds. The van der Waals surface area contributed by atoms with Crippen LogP contribution in [0.4, 0.5) is 0 Å². The third-order valence-electron chi connectivity index (χ3n) is 7.07. The van der Waals surface area contributed by atoms with Gasteiger partial charge in [0.15, 0.2) is 0 Å². The predicted octanol–water partition coefficient (Wildman–Crippen LogP) is 5.78. The van der Waals surface area contributed by atoms with Crippen LogP contribution in [-0.2, 0) is 19.3 Å². The second kappa shape index (κ2) is 3.37. The van der Waals surface area contributed by atoms with Gasteiger partial charge in [0.25, 0.3) is 0 Å². The van der Waals surface area contributed by atoms with E-state index >= 15 is 0 Å². The SMILES string of the molecule is Cc1cc2c3c4c1Cc1cc(C)c5c(c14)c1c(cc(C)c(c31)C2)C5. The Bertz CT molecular complexity index is 1140. The molecule has 0 N–H and O–H groups in total. The number of hydrogen-bond acceptors (Lipinski definition) is 0. The van der Waals surface area contributed by atoms with Gasteiger partial charge in [-0.15, -0.1) is 0 Å². The van der Waals surface area contributed by atoms with E-state index in [0.717, 1.165) is 19.3 Å². The van der Waals surface area contributed by atoms with E-state index in [0.29, 0.717) is 0 Å². The molecule has 4 aromatic rings. The molecule has 0 bridgehead atoms. The lowest BCUT2D eigenvalue weighted by molar-refractivity contribution is 1.18. The summed E-state index contributed by atoms with van der Waals surface area (Å²) >= 11 is 0. The van der Waals surface area contributed by atoms with Crippen LogP contribution in [0.25, 0.3) is 32.3 Å². The van der Waals surface area contributed by atoms with Crippen molar-refractivity contribution in [3.8, 4) is 0 Å². The van der Waals surface area contributed by atoms with Crippen molar-refractivity contribution in [1.29, 1.82) is 0 Å². The summed E-state index contributed by atoms with van der Waals surface area (Å²) in [5.74, 6) is 0. The zero-order valence-corrected chi connectivity index (χ0v) is 14.4. The average molecular weight is 306 g/mol. The smallest absolute Gasteiger partial charge is 0.00103 e. The van der Waals surface area contributed by atoms with Crippen LogP contribution in [0.5, 0.6) is 0 Å². The minimum Gasteiger partial charge on any atom is -0.0548 e. The quantitative estimate of drug-likeness (QED) is 0.311. The molecule has 0 heteroatoms. The number of benzene rings is 4. The Labute approximate surface area is 141 Å². The first-order valence-electron chi connectivity index (χ1n) is 9.10. The van der Waals surface area contributed by atoms with Gasteiger partial charge in [-0.3, -0.25) is 0 Å². The fraction of sp³-hybridized carbons (Fsp3) is 0.250. The predicted molar refractivity (Wildman–Crippen MR) is 102 cm³/mol. The van der Waals surface area contributed by atoms with Crippen LogP contribution in [0.15, 0.2) is 18.2 Å². The first kappa shape index (κ1) is 12.1. The summed E-state index contributed by atoms with van der Waals surface area (Å²) in [6, 6.07) is 7.46. The zero-order chi connectivity index (χ0) is 15.9. The minimum absolute atomic E-state index is 1.13. The standard InChI is InChI=1S/C24H18/c1-10-4-13-8-17-12(3)6-15-9-18-11(2)5-14-7-16(10)22-19(13)23(17)21(15)24(18)20(14)22/h4-6H,7-9H2,1-3H3. The van der Waals surface area contributed by atoms with E-state index in [-0.39, 0.29) is 0 Å². The lowest BCUT2D eigenvalue weighted by atomic mass is 9.92. The van der Waals surface area contributed by atoms with Gasteiger partial charge in [0.05, 0.1) is 0 Å². The summed E-state index contributed by atoms with van der Waals surface area (Å²) in [7, 11) is 0. The van der Waals surface area contributed by atoms with Gasteiger partial charge in [0.2, 0.25) is 0 Å². The molecule has 114 valence electrons. The van der Waals surface area contributed by atoms with Gasteiger partial charge in [0.1, 0.15) is 0 Å². The van der Waals surface area contributed by atoms with Crippen LogP contribution in [0.1, 0.15) is 50.1 Å².